The van der Waals surface area contributed by atoms with Gasteiger partial charge in [0.2, 0.25) is 11.8 Å². The Kier molecular flexibility index (Phi) is 5.38. The second kappa shape index (κ2) is 6.79. The van der Waals surface area contributed by atoms with Crippen LogP contribution in [0.25, 0.3) is 0 Å². The van der Waals surface area contributed by atoms with Gasteiger partial charge in [0.05, 0.1) is 0 Å². The molecule has 2 fully saturated rings. The van der Waals surface area contributed by atoms with E-state index in [2.05, 4.69) is 5.32 Å². The van der Waals surface area contributed by atoms with Gasteiger partial charge in [-0.05, 0) is 46.0 Å². The van der Waals surface area contributed by atoms with E-state index in [1.807, 2.05) is 6.92 Å². The molecule has 0 aromatic rings. The predicted octanol–water partition coefficient (Wildman–Crippen LogP) is 1.25. The first kappa shape index (κ1) is 18.2. The summed E-state index contributed by atoms with van der Waals surface area (Å²) in [6, 6.07) is -0.520. The number of hydrogen-bond acceptors (Lipinski definition) is 4. The molecule has 7 heteroatoms. The van der Waals surface area contributed by atoms with Crippen molar-refractivity contribution in [3.63, 3.8) is 0 Å². The number of nitrogens with one attached hydrogen (secondary N) is 1. The fourth-order valence-corrected chi connectivity index (χ4v) is 5.20. The highest BCUT2D eigenvalue weighted by molar-refractivity contribution is 7.92. The molecule has 0 radical (unpaired) electrons. The van der Waals surface area contributed by atoms with Crippen molar-refractivity contribution in [2.24, 2.45) is 0 Å². The van der Waals surface area contributed by atoms with E-state index in [-0.39, 0.29) is 11.9 Å². The van der Waals surface area contributed by atoms with Crippen LogP contribution in [-0.4, -0.2) is 54.8 Å². The summed E-state index contributed by atoms with van der Waals surface area (Å²) in [5.41, 5.74) is 0. The van der Waals surface area contributed by atoms with Crippen molar-refractivity contribution < 1.29 is 18.0 Å². The lowest BCUT2D eigenvalue weighted by Gasteiger charge is -2.36. The minimum atomic E-state index is -3.51. The smallest absolute Gasteiger partial charge is 0.245 e. The Morgan fingerprint density at radius 2 is 1.78 bits per heavy atom. The lowest BCUT2D eigenvalue weighted by molar-refractivity contribution is -0.139. The van der Waals surface area contributed by atoms with E-state index in [1.165, 1.54) is 0 Å². The summed E-state index contributed by atoms with van der Waals surface area (Å²) < 4.78 is 22.9. The Morgan fingerprint density at radius 1 is 1.17 bits per heavy atom. The first-order valence-electron chi connectivity index (χ1n) is 8.50. The van der Waals surface area contributed by atoms with Crippen molar-refractivity contribution in [3.8, 4) is 0 Å². The molecule has 0 spiro atoms. The maximum Gasteiger partial charge on any atom is 0.245 e. The summed E-state index contributed by atoms with van der Waals surface area (Å²) >= 11 is 0. The Labute approximate surface area is 138 Å². The molecule has 23 heavy (non-hydrogen) atoms. The van der Waals surface area contributed by atoms with Gasteiger partial charge in [0.25, 0.3) is 0 Å². The standard InChI is InChI=1S/C16H28N2O4S/c1-12-8-4-7-11-18(12)14(19)13(2)17-15(20)16(23(3,21)22)9-5-6-10-16/h12-13H,4-11H2,1-3H3,(H,17,20)/t12-,13+/m0/s1. The van der Waals surface area contributed by atoms with Crippen LogP contribution < -0.4 is 5.32 Å². The molecule has 1 saturated carbocycles. The van der Waals surface area contributed by atoms with Crippen molar-refractivity contribution in [1.29, 1.82) is 0 Å². The topological polar surface area (TPSA) is 83.5 Å². The highest BCUT2D eigenvalue weighted by Crippen LogP contribution is 2.36. The van der Waals surface area contributed by atoms with E-state index >= 15 is 0 Å². The van der Waals surface area contributed by atoms with Crippen LogP contribution in [0.3, 0.4) is 0 Å². The zero-order valence-corrected chi connectivity index (χ0v) is 15.1. The summed E-state index contributed by atoms with van der Waals surface area (Å²) in [4.78, 5) is 27.0. The van der Waals surface area contributed by atoms with Gasteiger partial charge in [-0.1, -0.05) is 12.8 Å². The average molecular weight is 344 g/mol. The van der Waals surface area contributed by atoms with Gasteiger partial charge in [0.15, 0.2) is 9.84 Å². The highest BCUT2D eigenvalue weighted by atomic mass is 32.2. The monoisotopic (exact) mass is 344 g/mol. The summed E-state index contributed by atoms with van der Waals surface area (Å²) in [6.45, 7) is 4.37. The molecule has 6 nitrogen and oxygen atoms in total. The molecule has 0 aromatic heterocycles. The molecule has 1 aliphatic carbocycles. The highest BCUT2D eigenvalue weighted by Gasteiger charge is 2.50. The minimum absolute atomic E-state index is 0.118. The van der Waals surface area contributed by atoms with Crippen LogP contribution in [0.15, 0.2) is 0 Å². The quantitative estimate of drug-likeness (QED) is 0.832. The fourth-order valence-electron chi connectivity index (χ4n) is 3.78. The molecule has 2 atom stereocenters. The third kappa shape index (κ3) is 3.54. The molecule has 1 N–H and O–H groups in total. The molecule has 1 heterocycles. The maximum atomic E-state index is 12.6. The number of rotatable bonds is 4. The van der Waals surface area contributed by atoms with E-state index in [1.54, 1.807) is 11.8 Å². The molecule has 1 saturated heterocycles. The van der Waals surface area contributed by atoms with Gasteiger partial charge in [-0.2, -0.15) is 0 Å². The SMILES string of the molecule is C[C@@H](NC(=O)C1(S(C)(=O)=O)CCCC1)C(=O)N1CCCC[C@@H]1C. The van der Waals surface area contributed by atoms with Crippen molar-refractivity contribution >= 4 is 21.7 Å². The van der Waals surface area contributed by atoms with Gasteiger partial charge >= 0.3 is 0 Å². The van der Waals surface area contributed by atoms with Gasteiger partial charge in [-0.3, -0.25) is 9.59 Å². The number of sulfone groups is 1. The molecular formula is C16H28N2O4S. The Morgan fingerprint density at radius 3 is 2.30 bits per heavy atom. The van der Waals surface area contributed by atoms with Crippen molar-refractivity contribution in [1.82, 2.24) is 10.2 Å². The lowest BCUT2D eigenvalue weighted by atomic mass is 10.0. The molecule has 2 amide bonds. The number of piperidine rings is 1. The van der Waals surface area contributed by atoms with E-state index in [0.29, 0.717) is 19.4 Å². The maximum absolute atomic E-state index is 12.6. The van der Waals surface area contributed by atoms with Crippen LogP contribution in [0, 0.1) is 0 Å². The van der Waals surface area contributed by atoms with E-state index < -0.39 is 26.5 Å². The molecule has 0 unspecified atom stereocenters. The van der Waals surface area contributed by atoms with Crippen molar-refractivity contribution in [3.05, 3.63) is 0 Å². The summed E-state index contributed by atoms with van der Waals surface area (Å²) in [5.74, 6) is -0.629. The Bertz CT molecular complexity index is 567. The first-order chi connectivity index (χ1) is 10.7. The number of likely N-dealkylation sites (tertiary alicyclic amines) is 1. The number of carbonyl (C=O) groups is 2. The molecule has 0 aromatic carbocycles. The minimum Gasteiger partial charge on any atom is -0.343 e. The number of amides is 2. The van der Waals surface area contributed by atoms with Crippen LogP contribution in [0.1, 0.15) is 58.8 Å². The van der Waals surface area contributed by atoms with Crippen LogP contribution in [-0.2, 0) is 19.4 Å². The molecule has 2 rings (SSSR count). The number of nitrogens with zero attached hydrogens (tertiary/aromatic N) is 1. The number of carbonyl (C=O) groups excluding carboxylic acids is 2. The number of hydrogen-bond donors (Lipinski definition) is 1. The third-order valence-corrected chi connectivity index (χ3v) is 7.35. The molecule has 0 bridgehead atoms. The third-order valence-electron chi connectivity index (χ3n) is 5.34. The van der Waals surface area contributed by atoms with Crippen molar-refractivity contribution in [2.45, 2.75) is 75.6 Å². The zero-order valence-electron chi connectivity index (χ0n) is 14.3. The Hall–Kier alpha value is -1.11. The van der Waals surface area contributed by atoms with Crippen LogP contribution in [0.4, 0.5) is 0 Å². The largest absolute Gasteiger partial charge is 0.343 e. The lowest BCUT2D eigenvalue weighted by Crippen LogP contribution is -2.57. The summed E-state index contributed by atoms with van der Waals surface area (Å²) in [5, 5.41) is 2.68. The van der Waals surface area contributed by atoms with Gasteiger partial charge < -0.3 is 10.2 Å². The summed E-state index contributed by atoms with van der Waals surface area (Å²) in [6.07, 6.45) is 6.33. The molecule has 1 aliphatic heterocycles. The predicted molar refractivity (Wildman–Crippen MR) is 88.7 cm³/mol. The van der Waals surface area contributed by atoms with E-state index in [9.17, 15) is 18.0 Å². The normalized spacial score (nSPS) is 25.9. The molecule has 2 aliphatic rings. The van der Waals surface area contributed by atoms with Gasteiger partial charge in [0, 0.05) is 18.8 Å². The molecular weight excluding hydrogens is 316 g/mol. The Balaban J connectivity index is 2.08. The molecule has 132 valence electrons. The second-order valence-corrected chi connectivity index (χ2v) is 9.37. The van der Waals surface area contributed by atoms with E-state index in [4.69, 9.17) is 0 Å². The zero-order chi connectivity index (χ0) is 17.3. The van der Waals surface area contributed by atoms with Crippen LogP contribution >= 0.6 is 0 Å². The first-order valence-corrected chi connectivity index (χ1v) is 10.4. The van der Waals surface area contributed by atoms with E-state index in [0.717, 1.165) is 38.4 Å². The van der Waals surface area contributed by atoms with Crippen LogP contribution in [0.5, 0.6) is 0 Å². The van der Waals surface area contributed by atoms with Gasteiger partial charge in [0.1, 0.15) is 10.8 Å². The average Bonchev–Trinajstić information content (AvgIpc) is 2.97. The second-order valence-electron chi connectivity index (χ2n) is 7.05. The van der Waals surface area contributed by atoms with Crippen molar-refractivity contribution in [2.75, 3.05) is 12.8 Å². The summed E-state index contributed by atoms with van der Waals surface area (Å²) in [7, 11) is -3.51. The van der Waals surface area contributed by atoms with Gasteiger partial charge in [-0.25, -0.2) is 8.42 Å². The van der Waals surface area contributed by atoms with Crippen LogP contribution in [0.2, 0.25) is 0 Å². The van der Waals surface area contributed by atoms with Gasteiger partial charge in [-0.15, -0.1) is 0 Å². The fraction of sp³-hybridized carbons (Fsp3) is 0.875.